The maximum atomic E-state index is 11.7. The molecule has 1 rings (SSSR count). The van der Waals surface area contributed by atoms with Gasteiger partial charge in [0.1, 0.15) is 5.75 Å². The minimum Gasteiger partial charge on any atom is -0.494 e. The first-order valence-corrected chi connectivity index (χ1v) is 8.19. The number of ether oxygens (including phenoxy) is 2. The first-order chi connectivity index (χ1) is 9.96. The monoisotopic (exact) mass is 311 g/mol. The lowest BCUT2D eigenvalue weighted by Gasteiger charge is -2.07. The molecule has 0 aliphatic rings. The smallest absolute Gasteiger partial charge is 0.306 e. The Morgan fingerprint density at radius 1 is 1.33 bits per heavy atom. The molecule has 114 valence electrons. The molecule has 1 aromatic rings. The van der Waals surface area contributed by atoms with Crippen LogP contribution in [0.3, 0.4) is 0 Å². The molecule has 0 fully saturated rings. The lowest BCUT2D eigenvalue weighted by Crippen LogP contribution is -2.16. The summed E-state index contributed by atoms with van der Waals surface area (Å²) in [4.78, 5) is 10.9. The summed E-state index contributed by atoms with van der Waals surface area (Å²) in [5, 5.41) is 8.74. The summed E-state index contributed by atoms with van der Waals surface area (Å²) in [6, 6.07) is 8.64. The number of carbonyl (C=O) groups is 1. The molecule has 0 aliphatic carbocycles. The van der Waals surface area contributed by atoms with E-state index in [4.69, 9.17) is 10.00 Å². The molecule has 0 saturated carbocycles. The molecule has 0 amide bonds. The summed E-state index contributed by atoms with van der Waals surface area (Å²) < 4.78 is 33.1. The van der Waals surface area contributed by atoms with E-state index in [1.165, 1.54) is 7.11 Å². The molecule has 0 heterocycles. The standard InChI is InChI=1S/C14H17NO5S/c1-19-14(16)6-9-21(17,18)8-3-7-20-13-5-2-4-12(10-13)11-15/h2,4-5,10H,3,6-9H2,1H3. The van der Waals surface area contributed by atoms with E-state index >= 15 is 0 Å². The Hall–Kier alpha value is -2.07. The quantitative estimate of drug-likeness (QED) is 0.530. The molecular formula is C14H17NO5S. The van der Waals surface area contributed by atoms with Crippen molar-refractivity contribution in [1.29, 1.82) is 5.26 Å². The highest BCUT2D eigenvalue weighted by Crippen LogP contribution is 2.12. The van der Waals surface area contributed by atoms with Gasteiger partial charge in [0.05, 0.1) is 43.3 Å². The summed E-state index contributed by atoms with van der Waals surface area (Å²) in [7, 11) is -2.07. The van der Waals surface area contributed by atoms with Crippen molar-refractivity contribution in [2.24, 2.45) is 0 Å². The third-order valence-electron chi connectivity index (χ3n) is 2.68. The molecule has 1 aromatic carbocycles. The van der Waals surface area contributed by atoms with Crippen LogP contribution in [0.2, 0.25) is 0 Å². The Labute approximate surface area is 124 Å². The van der Waals surface area contributed by atoms with E-state index in [0.29, 0.717) is 17.7 Å². The fourth-order valence-electron chi connectivity index (χ4n) is 1.57. The van der Waals surface area contributed by atoms with Gasteiger partial charge in [0, 0.05) is 0 Å². The van der Waals surface area contributed by atoms with Crippen molar-refractivity contribution in [2.45, 2.75) is 12.8 Å². The SMILES string of the molecule is COC(=O)CCS(=O)(=O)CCCOc1cccc(C#N)c1. The van der Waals surface area contributed by atoms with E-state index in [1.54, 1.807) is 24.3 Å². The molecule has 0 aliphatic heterocycles. The predicted molar refractivity (Wildman–Crippen MR) is 76.6 cm³/mol. The van der Waals surface area contributed by atoms with Gasteiger partial charge in [0.15, 0.2) is 9.84 Å². The number of carbonyl (C=O) groups excluding carboxylic acids is 1. The van der Waals surface area contributed by atoms with Gasteiger partial charge in [0.25, 0.3) is 0 Å². The van der Waals surface area contributed by atoms with Crippen LogP contribution in [0.5, 0.6) is 5.75 Å². The number of esters is 1. The highest BCUT2D eigenvalue weighted by molar-refractivity contribution is 7.91. The third kappa shape index (κ3) is 6.77. The Kier molecular flexibility index (Phi) is 6.69. The molecule has 0 bridgehead atoms. The number of sulfone groups is 1. The third-order valence-corrected chi connectivity index (χ3v) is 4.41. The van der Waals surface area contributed by atoms with Crippen LogP contribution in [-0.4, -0.2) is 39.6 Å². The zero-order chi connectivity index (χ0) is 15.7. The maximum Gasteiger partial charge on any atom is 0.306 e. The number of nitriles is 1. The van der Waals surface area contributed by atoms with Crippen LogP contribution >= 0.6 is 0 Å². The van der Waals surface area contributed by atoms with E-state index in [0.717, 1.165) is 0 Å². The highest BCUT2D eigenvalue weighted by atomic mass is 32.2. The van der Waals surface area contributed by atoms with Crippen molar-refractivity contribution in [3.8, 4) is 11.8 Å². The first kappa shape index (κ1) is 17.0. The summed E-state index contributed by atoms with van der Waals surface area (Å²) in [6.45, 7) is 0.229. The maximum absolute atomic E-state index is 11.7. The minimum atomic E-state index is -3.29. The van der Waals surface area contributed by atoms with Crippen molar-refractivity contribution in [3.63, 3.8) is 0 Å². The van der Waals surface area contributed by atoms with E-state index in [-0.39, 0.29) is 24.5 Å². The molecule has 0 saturated heterocycles. The molecule has 0 radical (unpaired) electrons. The average Bonchev–Trinajstić information content (AvgIpc) is 2.49. The largest absolute Gasteiger partial charge is 0.494 e. The first-order valence-electron chi connectivity index (χ1n) is 6.37. The van der Waals surface area contributed by atoms with E-state index < -0.39 is 15.8 Å². The van der Waals surface area contributed by atoms with Gasteiger partial charge < -0.3 is 9.47 Å². The fourth-order valence-corrected chi connectivity index (χ4v) is 2.81. The van der Waals surface area contributed by atoms with E-state index in [1.807, 2.05) is 6.07 Å². The minimum absolute atomic E-state index is 0.0536. The number of methoxy groups -OCH3 is 1. The van der Waals surface area contributed by atoms with E-state index in [9.17, 15) is 13.2 Å². The van der Waals surface area contributed by atoms with Gasteiger partial charge in [-0.3, -0.25) is 4.79 Å². The fraction of sp³-hybridized carbons (Fsp3) is 0.429. The molecule has 21 heavy (non-hydrogen) atoms. The van der Waals surface area contributed by atoms with Crippen molar-refractivity contribution in [2.75, 3.05) is 25.2 Å². The lowest BCUT2D eigenvalue weighted by atomic mass is 10.2. The topological polar surface area (TPSA) is 93.5 Å². The number of rotatable bonds is 8. The van der Waals surface area contributed by atoms with Crippen LogP contribution in [0.25, 0.3) is 0 Å². The number of benzene rings is 1. The molecular weight excluding hydrogens is 294 g/mol. The zero-order valence-electron chi connectivity index (χ0n) is 11.7. The van der Waals surface area contributed by atoms with Crippen LogP contribution < -0.4 is 4.74 Å². The molecule has 0 atom stereocenters. The van der Waals surface area contributed by atoms with Crippen LogP contribution in [0.1, 0.15) is 18.4 Å². The van der Waals surface area contributed by atoms with Gasteiger partial charge in [-0.1, -0.05) is 6.07 Å². The van der Waals surface area contributed by atoms with Crippen LogP contribution in [-0.2, 0) is 19.4 Å². The second kappa shape index (κ2) is 8.27. The second-order valence-corrected chi connectivity index (χ2v) is 6.62. The van der Waals surface area contributed by atoms with Crippen LogP contribution in [0, 0.1) is 11.3 Å². The van der Waals surface area contributed by atoms with Crippen molar-refractivity contribution in [3.05, 3.63) is 29.8 Å². The van der Waals surface area contributed by atoms with Gasteiger partial charge >= 0.3 is 5.97 Å². The lowest BCUT2D eigenvalue weighted by molar-refractivity contribution is -0.140. The van der Waals surface area contributed by atoms with E-state index in [2.05, 4.69) is 4.74 Å². The normalized spacial score (nSPS) is 10.7. The Balaban J connectivity index is 2.33. The molecule has 6 nitrogen and oxygen atoms in total. The number of nitrogens with zero attached hydrogens (tertiary/aromatic N) is 1. The van der Waals surface area contributed by atoms with Gasteiger partial charge in [-0.05, 0) is 24.6 Å². The van der Waals surface area contributed by atoms with Gasteiger partial charge in [-0.2, -0.15) is 5.26 Å². The van der Waals surface area contributed by atoms with Gasteiger partial charge in [-0.25, -0.2) is 8.42 Å². The van der Waals surface area contributed by atoms with Crippen LogP contribution in [0.15, 0.2) is 24.3 Å². The summed E-state index contributed by atoms with van der Waals surface area (Å²) in [5.41, 5.74) is 0.484. The second-order valence-electron chi connectivity index (χ2n) is 4.32. The summed E-state index contributed by atoms with van der Waals surface area (Å²) >= 11 is 0. The van der Waals surface area contributed by atoms with Crippen molar-refractivity contribution >= 4 is 15.8 Å². The molecule has 0 unspecified atom stereocenters. The predicted octanol–water partition coefficient (Wildman–Crippen LogP) is 1.31. The molecule has 0 spiro atoms. The molecule has 0 aromatic heterocycles. The van der Waals surface area contributed by atoms with Gasteiger partial charge in [-0.15, -0.1) is 0 Å². The summed E-state index contributed by atoms with van der Waals surface area (Å²) in [5.74, 6) is -0.282. The Bertz CT molecular complexity index is 618. The number of hydrogen-bond donors (Lipinski definition) is 0. The summed E-state index contributed by atoms with van der Waals surface area (Å²) in [6.07, 6.45) is 0.185. The number of hydrogen-bond acceptors (Lipinski definition) is 6. The average molecular weight is 311 g/mol. The molecule has 0 N–H and O–H groups in total. The Morgan fingerprint density at radius 3 is 2.76 bits per heavy atom. The highest BCUT2D eigenvalue weighted by Gasteiger charge is 2.13. The van der Waals surface area contributed by atoms with Crippen molar-refractivity contribution in [1.82, 2.24) is 0 Å². The zero-order valence-corrected chi connectivity index (χ0v) is 12.6. The Morgan fingerprint density at radius 2 is 2.10 bits per heavy atom. The molecule has 7 heteroatoms. The van der Waals surface area contributed by atoms with Crippen molar-refractivity contribution < 1.29 is 22.7 Å². The van der Waals surface area contributed by atoms with Crippen LogP contribution in [0.4, 0.5) is 0 Å². The van der Waals surface area contributed by atoms with Gasteiger partial charge in [0.2, 0.25) is 0 Å².